The van der Waals surface area contributed by atoms with Crippen LogP contribution in [-0.2, 0) is 14.9 Å². The van der Waals surface area contributed by atoms with Crippen LogP contribution in [0.5, 0.6) is 0 Å². The minimum atomic E-state index is 0.0296. The molecule has 3 nitrogen and oxygen atoms in total. The molecule has 4 rings (SSSR count). The van der Waals surface area contributed by atoms with Gasteiger partial charge in [0.05, 0.1) is 17.8 Å². The number of rotatable bonds is 1. The second-order valence-electron chi connectivity index (χ2n) is 8.87. The zero-order chi connectivity index (χ0) is 19.2. The summed E-state index contributed by atoms with van der Waals surface area (Å²) >= 11 is 0. The molecule has 0 radical (unpaired) electrons. The van der Waals surface area contributed by atoms with Crippen LogP contribution in [0, 0.1) is 5.92 Å². The summed E-state index contributed by atoms with van der Waals surface area (Å²) in [6.07, 6.45) is 2.18. The van der Waals surface area contributed by atoms with Crippen molar-refractivity contribution in [1.29, 1.82) is 0 Å². The number of amides is 1. The second kappa shape index (κ2) is 6.79. The monoisotopic (exact) mass is 363 g/mol. The Labute approximate surface area is 162 Å². The van der Waals surface area contributed by atoms with Crippen LogP contribution in [0.4, 0.5) is 5.69 Å². The highest BCUT2D eigenvalue weighted by atomic mass is 16.5. The van der Waals surface area contributed by atoms with Gasteiger partial charge in [0.15, 0.2) is 0 Å². The van der Waals surface area contributed by atoms with E-state index in [1.807, 2.05) is 11.0 Å². The van der Waals surface area contributed by atoms with E-state index in [1.165, 1.54) is 16.7 Å². The highest BCUT2D eigenvalue weighted by Gasteiger charge is 2.45. The van der Waals surface area contributed by atoms with Crippen molar-refractivity contribution in [3.63, 3.8) is 0 Å². The molecule has 2 heterocycles. The first-order chi connectivity index (χ1) is 12.9. The van der Waals surface area contributed by atoms with Gasteiger partial charge in [0.1, 0.15) is 0 Å². The molecule has 0 aliphatic carbocycles. The first kappa shape index (κ1) is 18.2. The van der Waals surface area contributed by atoms with Gasteiger partial charge in [0.25, 0.3) is 0 Å². The van der Waals surface area contributed by atoms with E-state index in [2.05, 4.69) is 63.2 Å². The van der Waals surface area contributed by atoms with Gasteiger partial charge in [-0.05, 0) is 35.4 Å². The molecule has 142 valence electrons. The van der Waals surface area contributed by atoms with Gasteiger partial charge < -0.3 is 9.64 Å². The van der Waals surface area contributed by atoms with Crippen LogP contribution in [0.2, 0.25) is 0 Å². The summed E-state index contributed by atoms with van der Waals surface area (Å²) in [4.78, 5) is 14.8. The van der Waals surface area contributed by atoms with Gasteiger partial charge in [0.2, 0.25) is 5.91 Å². The smallest absolute Gasteiger partial charge is 0.224 e. The van der Waals surface area contributed by atoms with E-state index in [1.54, 1.807) is 6.92 Å². The summed E-state index contributed by atoms with van der Waals surface area (Å²) in [7, 11) is 0. The van der Waals surface area contributed by atoms with Gasteiger partial charge in [-0.2, -0.15) is 0 Å². The lowest BCUT2D eigenvalue weighted by molar-refractivity contribution is -0.118. The van der Waals surface area contributed by atoms with Crippen molar-refractivity contribution in [2.45, 2.75) is 58.1 Å². The Morgan fingerprint density at radius 3 is 2.52 bits per heavy atom. The summed E-state index contributed by atoms with van der Waals surface area (Å²) in [5.74, 6) is 0.380. The molecule has 0 unspecified atom stereocenters. The number of hydrogen-bond acceptors (Lipinski definition) is 2. The fourth-order valence-electron chi connectivity index (χ4n) is 4.67. The molecule has 1 saturated heterocycles. The molecule has 1 fully saturated rings. The molecule has 2 aromatic carbocycles. The molecule has 3 heteroatoms. The molecule has 0 N–H and O–H groups in total. The SMILES string of the molecule is CC(=O)N1c2ccc(C(C)(C)C)cc2[C@H]2OCCC[C@H]2[C@@H]1c1ccccc1. The molecule has 0 spiro atoms. The van der Waals surface area contributed by atoms with Crippen LogP contribution < -0.4 is 4.90 Å². The fraction of sp³-hybridized carbons (Fsp3) is 0.458. The van der Waals surface area contributed by atoms with E-state index in [0.29, 0.717) is 0 Å². The van der Waals surface area contributed by atoms with Gasteiger partial charge in [-0.15, -0.1) is 0 Å². The van der Waals surface area contributed by atoms with Gasteiger partial charge in [-0.1, -0.05) is 63.2 Å². The van der Waals surface area contributed by atoms with E-state index in [-0.39, 0.29) is 29.4 Å². The molecular weight excluding hydrogens is 334 g/mol. The molecule has 0 saturated carbocycles. The van der Waals surface area contributed by atoms with Crippen molar-refractivity contribution < 1.29 is 9.53 Å². The molecule has 27 heavy (non-hydrogen) atoms. The van der Waals surface area contributed by atoms with Crippen molar-refractivity contribution in [2.24, 2.45) is 5.92 Å². The molecule has 0 bridgehead atoms. The average molecular weight is 364 g/mol. The Kier molecular flexibility index (Phi) is 4.59. The zero-order valence-electron chi connectivity index (χ0n) is 16.7. The third-order valence-corrected chi connectivity index (χ3v) is 5.99. The summed E-state index contributed by atoms with van der Waals surface area (Å²) < 4.78 is 6.32. The topological polar surface area (TPSA) is 29.5 Å². The first-order valence-corrected chi connectivity index (χ1v) is 9.98. The van der Waals surface area contributed by atoms with Crippen molar-refractivity contribution in [2.75, 3.05) is 11.5 Å². The van der Waals surface area contributed by atoms with E-state index >= 15 is 0 Å². The number of ether oxygens (including phenoxy) is 1. The number of anilines is 1. The Morgan fingerprint density at radius 1 is 1.11 bits per heavy atom. The summed E-state index contributed by atoms with van der Waals surface area (Å²) in [6, 6.07) is 17.0. The summed E-state index contributed by atoms with van der Waals surface area (Å²) in [5.41, 5.74) is 4.73. The highest BCUT2D eigenvalue weighted by Crippen LogP contribution is 2.53. The van der Waals surface area contributed by atoms with Crippen molar-refractivity contribution in [3.05, 3.63) is 65.2 Å². The predicted octanol–water partition coefficient (Wildman–Crippen LogP) is 5.56. The van der Waals surface area contributed by atoms with Crippen molar-refractivity contribution >= 4 is 11.6 Å². The predicted molar refractivity (Wildman–Crippen MR) is 109 cm³/mol. The average Bonchev–Trinajstić information content (AvgIpc) is 2.66. The molecule has 2 aromatic rings. The Hall–Kier alpha value is -2.13. The van der Waals surface area contributed by atoms with E-state index in [9.17, 15) is 4.79 Å². The number of fused-ring (bicyclic) bond motifs is 3. The maximum absolute atomic E-state index is 12.8. The van der Waals surface area contributed by atoms with Gasteiger partial charge in [0, 0.05) is 25.0 Å². The summed E-state index contributed by atoms with van der Waals surface area (Å²) in [5, 5.41) is 0. The van der Waals surface area contributed by atoms with Crippen LogP contribution in [0.25, 0.3) is 0 Å². The Balaban J connectivity index is 1.91. The Morgan fingerprint density at radius 2 is 1.85 bits per heavy atom. The van der Waals surface area contributed by atoms with Crippen LogP contribution in [0.3, 0.4) is 0 Å². The first-order valence-electron chi connectivity index (χ1n) is 9.98. The van der Waals surface area contributed by atoms with Crippen molar-refractivity contribution in [3.8, 4) is 0 Å². The number of carbonyl (C=O) groups is 1. The third kappa shape index (κ3) is 3.19. The number of benzene rings is 2. The molecule has 2 aliphatic rings. The minimum Gasteiger partial charge on any atom is -0.373 e. The minimum absolute atomic E-state index is 0.0296. The van der Waals surface area contributed by atoms with Gasteiger partial charge in [-0.3, -0.25) is 4.79 Å². The van der Waals surface area contributed by atoms with E-state index < -0.39 is 0 Å². The van der Waals surface area contributed by atoms with E-state index in [4.69, 9.17) is 4.74 Å². The van der Waals surface area contributed by atoms with Gasteiger partial charge in [-0.25, -0.2) is 0 Å². The number of hydrogen-bond donors (Lipinski definition) is 0. The fourth-order valence-corrected chi connectivity index (χ4v) is 4.67. The number of nitrogens with zero attached hydrogens (tertiary/aromatic N) is 1. The van der Waals surface area contributed by atoms with Gasteiger partial charge >= 0.3 is 0 Å². The molecule has 1 amide bonds. The maximum atomic E-state index is 12.8. The van der Waals surface area contributed by atoms with Crippen LogP contribution in [0.15, 0.2) is 48.5 Å². The molecular formula is C24H29NO2. The maximum Gasteiger partial charge on any atom is 0.224 e. The van der Waals surface area contributed by atoms with Crippen LogP contribution in [0.1, 0.15) is 69.4 Å². The van der Waals surface area contributed by atoms with E-state index in [0.717, 1.165) is 25.1 Å². The van der Waals surface area contributed by atoms with Crippen molar-refractivity contribution in [1.82, 2.24) is 0 Å². The number of carbonyl (C=O) groups excluding carboxylic acids is 1. The third-order valence-electron chi connectivity index (χ3n) is 5.99. The van der Waals surface area contributed by atoms with Crippen LogP contribution >= 0.6 is 0 Å². The largest absolute Gasteiger partial charge is 0.373 e. The normalized spacial score (nSPS) is 24.9. The standard InChI is InChI=1S/C24H29NO2/c1-16(26)25-21-13-12-18(24(2,3)4)15-20(21)23-19(11-8-14-27-23)22(25)17-9-6-5-7-10-17/h5-7,9-10,12-13,15,19,22-23H,8,11,14H2,1-4H3/t19-,22-,23-/m0/s1. The molecule has 3 atom stereocenters. The zero-order valence-corrected chi connectivity index (χ0v) is 16.7. The molecule has 0 aromatic heterocycles. The van der Waals surface area contributed by atoms with Crippen LogP contribution in [-0.4, -0.2) is 12.5 Å². The second-order valence-corrected chi connectivity index (χ2v) is 8.87. The Bertz CT molecular complexity index is 837. The quantitative estimate of drug-likeness (QED) is 0.664. The summed E-state index contributed by atoms with van der Waals surface area (Å²) in [6.45, 7) is 9.16. The highest BCUT2D eigenvalue weighted by molar-refractivity contribution is 5.94. The lowest BCUT2D eigenvalue weighted by atomic mass is 9.74. The lowest BCUT2D eigenvalue weighted by Gasteiger charge is -2.48. The molecule has 2 aliphatic heterocycles. The lowest BCUT2D eigenvalue weighted by Crippen LogP contribution is -2.45.